The highest BCUT2D eigenvalue weighted by molar-refractivity contribution is 9.13. The van der Waals surface area contributed by atoms with Gasteiger partial charge >= 0.3 is 0 Å². The minimum Gasteiger partial charge on any atom is -0.320 e. The van der Waals surface area contributed by atoms with E-state index in [1.165, 1.54) is 5.56 Å². The lowest BCUT2D eigenvalue weighted by atomic mass is 9.99. The van der Waals surface area contributed by atoms with Crippen LogP contribution in [-0.2, 0) is 0 Å². The normalized spacial score (nSPS) is 13.0. The molecule has 0 saturated carbocycles. The summed E-state index contributed by atoms with van der Waals surface area (Å²) in [7, 11) is 0. The largest absolute Gasteiger partial charge is 0.320 e. The van der Waals surface area contributed by atoms with Crippen LogP contribution in [0.1, 0.15) is 41.8 Å². The van der Waals surface area contributed by atoms with Crippen molar-refractivity contribution in [1.29, 1.82) is 0 Å². The molecular weight excluding hydrogens is 374 g/mol. The van der Waals surface area contributed by atoms with Crippen LogP contribution in [0.2, 0.25) is 0 Å². The van der Waals surface area contributed by atoms with Crippen LogP contribution >= 0.6 is 43.2 Å². The first-order valence-corrected chi connectivity index (χ1v) is 8.19. The molecule has 1 nitrogen and oxygen atoms in total. The van der Waals surface area contributed by atoms with Gasteiger partial charge in [-0.05, 0) is 55.0 Å². The van der Waals surface area contributed by atoms with Crippen LogP contribution < -0.4 is 5.73 Å². The summed E-state index contributed by atoms with van der Waals surface area (Å²) in [5.41, 5.74) is 8.79. The van der Waals surface area contributed by atoms with Crippen molar-refractivity contribution >= 4 is 43.2 Å². The van der Waals surface area contributed by atoms with E-state index in [4.69, 9.17) is 5.73 Å². The quantitative estimate of drug-likeness (QED) is 0.743. The predicted molar refractivity (Wildman–Crippen MR) is 86.3 cm³/mol. The zero-order chi connectivity index (χ0) is 13.3. The Balaban J connectivity index is 2.25. The van der Waals surface area contributed by atoms with Gasteiger partial charge in [-0.1, -0.05) is 38.1 Å². The average molecular weight is 389 g/mol. The molecule has 2 rings (SSSR count). The highest BCUT2D eigenvalue weighted by Crippen LogP contribution is 2.36. The number of hydrogen-bond donors (Lipinski definition) is 1. The van der Waals surface area contributed by atoms with Crippen molar-refractivity contribution in [3.05, 3.63) is 54.6 Å². The van der Waals surface area contributed by atoms with Gasteiger partial charge in [-0.15, -0.1) is 11.3 Å². The van der Waals surface area contributed by atoms with Crippen LogP contribution in [0.25, 0.3) is 0 Å². The Bertz CT molecular complexity index is 512. The zero-order valence-electron chi connectivity index (χ0n) is 10.3. The lowest BCUT2D eigenvalue weighted by Crippen LogP contribution is -2.10. The summed E-state index contributed by atoms with van der Waals surface area (Å²) in [5, 5.41) is 0. The van der Waals surface area contributed by atoms with E-state index in [1.807, 2.05) is 0 Å². The molecule has 0 aliphatic heterocycles. The lowest BCUT2D eigenvalue weighted by Gasteiger charge is -2.12. The molecule has 1 atom stereocenters. The number of rotatable bonds is 3. The third kappa shape index (κ3) is 3.05. The summed E-state index contributed by atoms with van der Waals surface area (Å²) in [6.07, 6.45) is 0. The third-order valence-corrected chi connectivity index (χ3v) is 6.27. The molecule has 0 radical (unpaired) electrons. The molecule has 4 heteroatoms. The zero-order valence-corrected chi connectivity index (χ0v) is 14.3. The molecule has 1 heterocycles. The second-order valence-corrected chi connectivity index (χ2v) is 7.83. The van der Waals surface area contributed by atoms with Crippen LogP contribution in [0.3, 0.4) is 0 Å². The van der Waals surface area contributed by atoms with Gasteiger partial charge in [-0.3, -0.25) is 0 Å². The Kier molecular flexibility index (Phi) is 4.64. The number of benzene rings is 1. The van der Waals surface area contributed by atoms with Crippen LogP contribution in [0.15, 0.2) is 38.6 Å². The number of nitrogens with two attached hydrogens (primary N) is 1. The molecule has 0 fully saturated rings. The number of thiophene rings is 1. The molecule has 1 aromatic heterocycles. The molecule has 0 saturated heterocycles. The smallest absolute Gasteiger partial charge is 0.0843 e. The first-order chi connectivity index (χ1) is 8.49. The number of halogens is 2. The van der Waals surface area contributed by atoms with Gasteiger partial charge in [0.25, 0.3) is 0 Å². The van der Waals surface area contributed by atoms with Gasteiger partial charge in [0.1, 0.15) is 0 Å². The SMILES string of the molecule is CC(C)c1ccc(C(N)c2cc(Br)c(Br)s2)cc1. The van der Waals surface area contributed by atoms with Crippen molar-refractivity contribution in [2.24, 2.45) is 5.73 Å². The standard InChI is InChI=1S/C14H15Br2NS/c1-8(2)9-3-5-10(6-4-9)13(17)12-7-11(15)14(16)18-12/h3-8,13H,17H2,1-2H3. The van der Waals surface area contributed by atoms with E-state index in [-0.39, 0.29) is 6.04 Å². The van der Waals surface area contributed by atoms with E-state index in [0.29, 0.717) is 5.92 Å². The second kappa shape index (κ2) is 5.87. The summed E-state index contributed by atoms with van der Waals surface area (Å²) in [5.74, 6) is 0.556. The summed E-state index contributed by atoms with van der Waals surface area (Å²) in [6.45, 7) is 4.39. The van der Waals surface area contributed by atoms with Crippen molar-refractivity contribution in [1.82, 2.24) is 0 Å². The van der Waals surface area contributed by atoms with E-state index >= 15 is 0 Å². The fraction of sp³-hybridized carbons (Fsp3) is 0.286. The van der Waals surface area contributed by atoms with Crippen molar-refractivity contribution < 1.29 is 0 Å². The van der Waals surface area contributed by atoms with Crippen molar-refractivity contribution in [3.63, 3.8) is 0 Å². The van der Waals surface area contributed by atoms with E-state index in [2.05, 4.69) is 76.0 Å². The first kappa shape index (κ1) is 14.3. The van der Waals surface area contributed by atoms with Crippen molar-refractivity contribution in [2.45, 2.75) is 25.8 Å². The van der Waals surface area contributed by atoms with Gasteiger partial charge < -0.3 is 5.73 Å². The summed E-state index contributed by atoms with van der Waals surface area (Å²) >= 11 is 8.67. The van der Waals surface area contributed by atoms with Crippen LogP contribution in [0.4, 0.5) is 0 Å². The Hall–Kier alpha value is -0.160. The summed E-state index contributed by atoms with van der Waals surface area (Å²) in [4.78, 5) is 1.16. The Labute approximate surface area is 129 Å². The molecule has 2 aromatic rings. The molecule has 1 aromatic carbocycles. The van der Waals surface area contributed by atoms with E-state index in [0.717, 1.165) is 18.7 Å². The Morgan fingerprint density at radius 3 is 2.06 bits per heavy atom. The molecular formula is C14H15Br2NS. The minimum absolute atomic E-state index is 0.0567. The minimum atomic E-state index is -0.0567. The molecule has 18 heavy (non-hydrogen) atoms. The monoisotopic (exact) mass is 387 g/mol. The van der Waals surface area contributed by atoms with Crippen LogP contribution in [-0.4, -0.2) is 0 Å². The van der Waals surface area contributed by atoms with Crippen LogP contribution in [0, 0.1) is 0 Å². The average Bonchev–Trinajstić information content (AvgIpc) is 2.69. The Morgan fingerprint density at radius 1 is 1.06 bits per heavy atom. The van der Waals surface area contributed by atoms with E-state index in [9.17, 15) is 0 Å². The van der Waals surface area contributed by atoms with Gasteiger partial charge in [-0.2, -0.15) is 0 Å². The maximum atomic E-state index is 6.29. The van der Waals surface area contributed by atoms with Gasteiger partial charge in [0, 0.05) is 9.35 Å². The molecule has 0 bridgehead atoms. The summed E-state index contributed by atoms with van der Waals surface area (Å²) < 4.78 is 2.16. The Morgan fingerprint density at radius 2 is 1.61 bits per heavy atom. The molecule has 0 spiro atoms. The van der Waals surface area contributed by atoms with Gasteiger partial charge in [0.2, 0.25) is 0 Å². The molecule has 0 aliphatic carbocycles. The van der Waals surface area contributed by atoms with Crippen molar-refractivity contribution in [3.8, 4) is 0 Å². The van der Waals surface area contributed by atoms with Crippen LogP contribution in [0.5, 0.6) is 0 Å². The maximum Gasteiger partial charge on any atom is 0.0843 e. The number of hydrogen-bond acceptors (Lipinski definition) is 2. The second-order valence-electron chi connectivity index (χ2n) is 4.57. The molecule has 1 unspecified atom stereocenters. The molecule has 0 amide bonds. The van der Waals surface area contributed by atoms with E-state index in [1.54, 1.807) is 11.3 Å². The predicted octanol–water partition coefficient (Wildman–Crippen LogP) is 5.44. The van der Waals surface area contributed by atoms with E-state index < -0.39 is 0 Å². The third-order valence-electron chi connectivity index (χ3n) is 2.93. The topological polar surface area (TPSA) is 26.0 Å². The highest BCUT2D eigenvalue weighted by Gasteiger charge is 2.14. The maximum absolute atomic E-state index is 6.29. The van der Waals surface area contributed by atoms with Crippen molar-refractivity contribution in [2.75, 3.05) is 0 Å². The lowest BCUT2D eigenvalue weighted by molar-refractivity contribution is 0.854. The first-order valence-electron chi connectivity index (χ1n) is 5.79. The highest BCUT2D eigenvalue weighted by atomic mass is 79.9. The summed E-state index contributed by atoms with van der Waals surface area (Å²) in [6, 6.07) is 10.6. The van der Waals surface area contributed by atoms with Gasteiger partial charge in [0.15, 0.2) is 0 Å². The molecule has 2 N–H and O–H groups in total. The fourth-order valence-electron chi connectivity index (χ4n) is 1.77. The van der Waals surface area contributed by atoms with Gasteiger partial charge in [-0.25, -0.2) is 0 Å². The fourth-order valence-corrected chi connectivity index (χ4v) is 3.89. The molecule has 0 aliphatic rings. The van der Waals surface area contributed by atoms with Gasteiger partial charge in [0.05, 0.1) is 9.83 Å². The molecule has 96 valence electrons.